The Labute approximate surface area is 123 Å². The van der Waals surface area contributed by atoms with Crippen molar-refractivity contribution in [2.45, 2.75) is 32.0 Å². The van der Waals surface area contributed by atoms with Crippen molar-refractivity contribution in [2.24, 2.45) is 7.05 Å². The van der Waals surface area contributed by atoms with Crippen molar-refractivity contribution in [1.82, 2.24) is 19.5 Å². The van der Waals surface area contributed by atoms with Crippen molar-refractivity contribution in [3.63, 3.8) is 0 Å². The highest BCUT2D eigenvalue weighted by molar-refractivity contribution is 7.89. The van der Waals surface area contributed by atoms with Crippen molar-refractivity contribution < 1.29 is 13.5 Å². The number of pyridine rings is 1. The molecular formula is C13H18N4O3S. The van der Waals surface area contributed by atoms with Gasteiger partial charge in [0.15, 0.2) is 5.03 Å². The number of aliphatic hydroxyl groups excluding tert-OH is 1. The van der Waals surface area contributed by atoms with E-state index in [-0.39, 0.29) is 18.2 Å². The monoisotopic (exact) mass is 310 g/mol. The first-order valence-electron chi connectivity index (χ1n) is 6.39. The number of aromatic nitrogens is 3. The Balaban J connectivity index is 2.17. The molecule has 0 aromatic carbocycles. The van der Waals surface area contributed by atoms with Gasteiger partial charge in [-0.15, -0.1) is 0 Å². The van der Waals surface area contributed by atoms with E-state index in [2.05, 4.69) is 14.8 Å². The molecule has 0 bridgehead atoms. The van der Waals surface area contributed by atoms with Crippen LogP contribution in [0.1, 0.15) is 22.5 Å². The predicted molar refractivity (Wildman–Crippen MR) is 76.9 cm³/mol. The van der Waals surface area contributed by atoms with E-state index >= 15 is 0 Å². The van der Waals surface area contributed by atoms with Crippen LogP contribution in [0.15, 0.2) is 23.4 Å². The number of nitrogens with zero attached hydrogens (tertiary/aromatic N) is 3. The molecule has 0 aliphatic carbocycles. The van der Waals surface area contributed by atoms with Crippen LogP contribution in [0.5, 0.6) is 0 Å². The van der Waals surface area contributed by atoms with Crippen LogP contribution in [0.2, 0.25) is 0 Å². The fraction of sp³-hybridized carbons (Fsp3) is 0.385. The number of rotatable bonds is 5. The van der Waals surface area contributed by atoms with E-state index in [4.69, 9.17) is 5.11 Å². The summed E-state index contributed by atoms with van der Waals surface area (Å²) in [6, 6.07) is 2.90. The minimum Gasteiger partial charge on any atom is -0.392 e. The molecule has 8 heteroatoms. The summed E-state index contributed by atoms with van der Waals surface area (Å²) in [5, 5.41) is 13.1. The minimum absolute atomic E-state index is 0.0705. The van der Waals surface area contributed by atoms with E-state index < -0.39 is 10.0 Å². The Morgan fingerprint density at radius 1 is 1.33 bits per heavy atom. The van der Waals surface area contributed by atoms with E-state index in [0.717, 1.165) is 17.0 Å². The number of sulfonamides is 1. The van der Waals surface area contributed by atoms with Crippen LogP contribution in [0.4, 0.5) is 0 Å². The normalized spacial score (nSPS) is 11.8. The van der Waals surface area contributed by atoms with Gasteiger partial charge >= 0.3 is 0 Å². The molecule has 0 amide bonds. The highest BCUT2D eigenvalue weighted by atomic mass is 32.2. The number of hydrogen-bond donors (Lipinski definition) is 2. The summed E-state index contributed by atoms with van der Waals surface area (Å²) >= 11 is 0. The fourth-order valence-electron chi connectivity index (χ4n) is 1.98. The average molecular weight is 310 g/mol. The zero-order valence-corrected chi connectivity index (χ0v) is 13.0. The van der Waals surface area contributed by atoms with Gasteiger partial charge in [-0.25, -0.2) is 18.1 Å². The minimum atomic E-state index is -3.69. The molecule has 2 N–H and O–H groups in total. The summed E-state index contributed by atoms with van der Waals surface area (Å²) in [6.45, 7) is 3.72. The van der Waals surface area contributed by atoms with Crippen molar-refractivity contribution in [1.29, 1.82) is 0 Å². The molecular weight excluding hydrogens is 292 g/mol. The molecule has 0 saturated heterocycles. The highest BCUT2D eigenvalue weighted by Gasteiger charge is 2.17. The van der Waals surface area contributed by atoms with Gasteiger partial charge in [-0.3, -0.25) is 4.68 Å². The molecule has 0 fully saturated rings. The summed E-state index contributed by atoms with van der Waals surface area (Å²) in [5.74, 6) is 0. The second kappa shape index (κ2) is 5.92. The Bertz CT molecular complexity index is 736. The van der Waals surface area contributed by atoms with E-state index in [9.17, 15) is 8.42 Å². The van der Waals surface area contributed by atoms with Crippen LogP contribution >= 0.6 is 0 Å². The maximum atomic E-state index is 12.2. The van der Waals surface area contributed by atoms with Crippen LogP contribution in [0.25, 0.3) is 0 Å². The fourth-order valence-corrected chi connectivity index (χ4v) is 2.90. The Morgan fingerprint density at radius 2 is 2.05 bits per heavy atom. The summed E-state index contributed by atoms with van der Waals surface area (Å²) in [5.41, 5.74) is 3.13. The molecule has 2 aromatic rings. The number of nitrogens with one attached hydrogen (secondary N) is 1. The van der Waals surface area contributed by atoms with Gasteiger partial charge in [-0.1, -0.05) is 6.07 Å². The molecule has 2 heterocycles. The van der Waals surface area contributed by atoms with Gasteiger partial charge in [0, 0.05) is 31.0 Å². The van der Waals surface area contributed by atoms with Crippen LogP contribution in [-0.4, -0.2) is 28.3 Å². The largest absolute Gasteiger partial charge is 0.392 e. The third-order valence-corrected chi connectivity index (χ3v) is 4.67. The zero-order chi connectivity index (χ0) is 15.6. The van der Waals surface area contributed by atoms with Gasteiger partial charge in [0.05, 0.1) is 12.3 Å². The molecule has 2 aromatic heterocycles. The predicted octanol–water partition coefficient (Wildman–Crippen LogP) is 0.403. The smallest absolute Gasteiger partial charge is 0.258 e. The average Bonchev–Trinajstić information content (AvgIpc) is 2.70. The number of aliphatic hydroxyl groups is 1. The molecule has 0 spiro atoms. The van der Waals surface area contributed by atoms with E-state index in [1.54, 1.807) is 4.68 Å². The van der Waals surface area contributed by atoms with Crippen LogP contribution < -0.4 is 4.72 Å². The molecule has 7 nitrogen and oxygen atoms in total. The van der Waals surface area contributed by atoms with Crippen molar-refractivity contribution in [2.75, 3.05) is 0 Å². The van der Waals surface area contributed by atoms with Gasteiger partial charge < -0.3 is 5.11 Å². The van der Waals surface area contributed by atoms with Crippen LogP contribution in [-0.2, 0) is 30.2 Å². The highest BCUT2D eigenvalue weighted by Crippen LogP contribution is 2.13. The van der Waals surface area contributed by atoms with Crippen molar-refractivity contribution in [3.05, 3.63) is 40.8 Å². The van der Waals surface area contributed by atoms with Gasteiger partial charge in [-0.2, -0.15) is 5.10 Å². The summed E-state index contributed by atoms with van der Waals surface area (Å²) in [7, 11) is -1.87. The Morgan fingerprint density at radius 3 is 2.52 bits per heavy atom. The zero-order valence-electron chi connectivity index (χ0n) is 12.2. The molecule has 0 aliphatic heterocycles. The molecule has 0 radical (unpaired) electrons. The molecule has 0 aliphatic rings. The Hall–Kier alpha value is -1.77. The third-order valence-electron chi connectivity index (χ3n) is 3.35. The lowest BCUT2D eigenvalue weighted by Crippen LogP contribution is -2.24. The maximum Gasteiger partial charge on any atom is 0.258 e. The van der Waals surface area contributed by atoms with Gasteiger partial charge in [0.1, 0.15) is 0 Å². The van der Waals surface area contributed by atoms with Crippen molar-refractivity contribution >= 4 is 10.0 Å². The Kier molecular flexibility index (Phi) is 4.40. The van der Waals surface area contributed by atoms with E-state index in [1.807, 2.05) is 20.9 Å². The van der Waals surface area contributed by atoms with E-state index in [0.29, 0.717) is 5.56 Å². The standard InChI is InChI=1S/C13H18N4O3S/c1-9-12(10(2)17(3)16-9)7-15-21(19,20)13-5-4-11(8-18)6-14-13/h4-6,15,18H,7-8H2,1-3H3. The quantitative estimate of drug-likeness (QED) is 0.833. The second-order valence-electron chi connectivity index (χ2n) is 4.76. The summed E-state index contributed by atoms with van der Waals surface area (Å²) in [4.78, 5) is 3.85. The maximum absolute atomic E-state index is 12.2. The molecule has 0 atom stereocenters. The van der Waals surface area contributed by atoms with Gasteiger partial charge in [0.2, 0.25) is 0 Å². The molecule has 0 unspecified atom stereocenters. The lowest BCUT2D eigenvalue weighted by atomic mass is 10.2. The van der Waals surface area contributed by atoms with Gasteiger partial charge in [0.25, 0.3) is 10.0 Å². The first-order chi connectivity index (χ1) is 9.85. The first kappa shape index (κ1) is 15.6. The van der Waals surface area contributed by atoms with Crippen molar-refractivity contribution in [3.8, 4) is 0 Å². The number of aryl methyl sites for hydroxylation is 2. The topological polar surface area (TPSA) is 97.1 Å². The summed E-state index contributed by atoms with van der Waals surface area (Å²) in [6.07, 6.45) is 1.34. The lowest BCUT2D eigenvalue weighted by molar-refractivity contribution is 0.281. The van der Waals surface area contributed by atoms with Crippen LogP contribution in [0.3, 0.4) is 0 Å². The third kappa shape index (κ3) is 3.29. The first-order valence-corrected chi connectivity index (χ1v) is 7.88. The SMILES string of the molecule is Cc1nn(C)c(C)c1CNS(=O)(=O)c1ccc(CO)cn1. The molecule has 2 rings (SSSR count). The molecule has 21 heavy (non-hydrogen) atoms. The second-order valence-corrected chi connectivity index (χ2v) is 6.47. The molecule has 114 valence electrons. The summed E-state index contributed by atoms with van der Waals surface area (Å²) < 4.78 is 28.6. The van der Waals surface area contributed by atoms with Gasteiger partial charge in [-0.05, 0) is 25.5 Å². The molecule has 0 saturated carbocycles. The van der Waals surface area contributed by atoms with E-state index in [1.165, 1.54) is 18.3 Å². The lowest BCUT2D eigenvalue weighted by Gasteiger charge is -2.07. The van der Waals surface area contributed by atoms with Crippen LogP contribution in [0, 0.1) is 13.8 Å². The number of hydrogen-bond acceptors (Lipinski definition) is 5.